The van der Waals surface area contributed by atoms with Crippen molar-refractivity contribution in [2.45, 2.75) is 24.4 Å². The van der Waals surface area contributed by atoms with Gasteiger partial charge in [-0.2, -0.15) is 11.8 Å². The van der Waals surface area contributed by atoms with Gasteiger partial charge in [0.1, 0.15) is 0 Å². The van der Waals surface area contributed by atoms with E-state index in [4.69, 9.17) is 9.47 Å². The SMILES string of the molecule is CSC1COC2C(C)COC12. The molecule has 4 unspecified atom stereocenters. The van der Waals surface area contributed by atoms with Crippen LogP contribution < -0.4 is 0 Å². The molecule has 0 aliphatic carbocycles. The Bertz CT molecular complexity index is 151. The van der Waals surface area contributed by atoms with Gasteiger partial charge in [-0.1, -0.05) is 6.92 Å². The molecule has 2 rings (SSSR count). The molecule has 4 atom stereocenters. The first-order valence-corrected chi connectivity index (χ1v) is 5.37. The van der Waals surface area contributed by atoms with Crippen molar-refractivity contribution in [2.75, 3.05) is 19.5 Å². The van der Waals surface area contributed by atoms with E-state index < -0.39 is 0 Å². The summed E-state index contributed by atoms with van der Waals surface area (Å²) < 4.78 is 11.3. The van der Waals surface area contributed by atoms with Gasteiger partial charge in [0, 0.05) is 5.92 Å². The summed E-state index contributed by atoms with van der Waals surface area (Å²) >= 11 is 1.86. The average Bonchev–Trinajstić information content (AvgIpc) is 2.53. The minimum atomic E-state index is 0.375. The van der Waals surface area contributed by atoms with E-state index in [1.807, 2.05) is 11.8 Å². The van der Waals surface area contributed by atoms with E-state index in [1.54, 1.807) is 0 Å². The van der Waals surface area contributed by atoms with Crippen molar-refractivity contribution in [3.05, 3.63) is 0 Å². The van der Waals surface area contributed by atoms with Gasteiger partial charge in [0.15, 0.2) is 0 Å². The highest BCUT2D eigenvalue weighted by Gasteiger charge is 2.45. The number of rotatable bonds is 1. The molecule has 11 heavy (non-hydrogen) atoms. The molecule has 0 aromatic carbocycles. The molecule has 2 aliphatic heterocycles. The van der Waals surface area contributed by atoms with Crippen molar-refractivity contribution < 1.29 is 9.47 Å². The molecule has 0 aromatic heterocycles. The zero-order valence-electron chi connectivity index (χ0n) is 6.95. The molecule has 0 amide bonds. The molecule has 0 spiro atoms. The van der Waals surface area contributed by atoms with Crippen LogP contribution in [-0.4, -0.2) is 36.9 Å². The second kappa shape index (κ2) is 2.96. The maximum absolute atomic E-state index is 5.65. The Labute approximate surface area is 71.6 Å². The Morgan fingerprint density at radius 3 is 2.64 bits per heavy atom. The molecule has 0 aromatic rings. The molecule has 2 saturated heterocycles. The van der Waals surface area contributed by atoms with Gasteiger partial charge in [-0.15, -0.1) is 0 Å². The zero-order chi connectivity index (χ0) is 7.84. The topological polar surface area (TPSA) is 18.5 Å². The Morgan fingerprint density at radius 1 is 1.18 bits per heavy atom. The molecule has 0 bridgehead atoms. The predicted molar refractivity (Wildman–Crippen MR) is 45.9 cm³/mol. The van der Waals surface area contributed by atoms with Crippen LogP contribution >= 0.6 is 11.8 Å². The lowest BCUT2D eigenvalue weighted by Crippen LogP contribution is -2.26. The van der Waals surface area contributed by atoms with E-state index in [9.17, 15) is 0 Å². The third kappa shape index (κ3) is 1.19. The van der Waals surface area contributed by atoms with Gasteiger partial charge in [-0.05, 0) is 6.26 Å². The van der Waals surface area contributed by atoms with Gasteiger partial charge in [0.05, 0.1) is 30.7 Å². The Kier molecular flexibility index (Phi) is 2.12. The summed E-state index contributed by atoms with van der Waals surface area (Å²) in [6.07, 6.45) is 2.88. The molecule has 64 valence electrons. The maximum Gasteiger partial charge on any atom is 0.0980 e. The number of ether oxygens (including phenoxy) is 2. The summed E-state index contributed by atoms with van der Waals surface area (Å²) in [6.45, 7) is 3.96. The molecule has 0 radical (unpaired) electrons. The Balaban J connectivity index is 2.04. The molecule has 2 fully saturated rings. The van der Waals surface area contributed by atoms with Gasteiger partial charge in [-0.25, -0.2) is 0 Å². The molecule has 2 nitrogen and oxygen atoms in total. The van der Waals surface area contributed by atoms with Crippen molar-refractivity contribution in [1.29, 1.82) is 0 Å². The number of hydrogen-bond acceptors (Lipinski definition) is 3. The lowest BCUT2D eigenvalue weighted by atomic mass is 10.0. The zero-order valence-corrected chi connectivity index (χ0v) is 7.76. The van der Waals surface area contributed by atoms with Gasteiger partial charge in [-0.3, -0.25) is 0 Å². The van der Waals surface area contributed by atoms with E-state index in [0.29, 0.717) is 23.4 Å². The molecule has 0 N–H and O–H groups in total. The summed E-state index contributed by atoms with van der Waals surface area (Å²) in [5.74, 6) is 0.595. The highest BCUT2D eigenvalue weighted by Crippen LogP contribution is 2.35. The van der Waals surface area contributed by atoms with Crippen LogP contribution in [0.3, 0.4) is 0 Å². The van der Waals surface area contributed by atoms with Crippen LogP contribution in [0.4, 0.5) is 0 Å². The second-order valence-electron chi connectivity index (χ2n) is 3.35. The third-order valence-corrected chi connectivity index (χ3v) is 3.57. The quantitative estimate of drug-likeness (QED) is 0.594. The first-order valence-electron chi connectivity index (χ1n) is 4.09. The Morgan fingerprint density at radius 2 is 1.91 bits per heavy atom. The monoisotopic (exact) mass is 174 g/mol. The van der Waals surface area contributed by atoms with Crippen LogP contribution in [0, 0.1) is 5.92 Å². The van der Waals surface area contributed by atoms with Crippen LogP contribution in [0.15, 0.2) is 0 Å². The van der Waals surface area contributed by atoms with Gasteiger partial charge in [0.25, 0.3) is 0 Å². The molecule has 0 saturated carbocycles. The lowest BCUT2D eigenvalue weighted by Gasteiger charge is -2.12. The highest BCUT2D eigenvalue weighted by molar-refractivity contribution is 7.99. The van der Waals surface area contributed by atoms with Gasteiger partial charge < -0.3 is 9.47 Å². The summed E-state index contributed by atoms with van der Waals surface area (Å²) in [6, 6.07) is 0. The van der Waals surface area contributed by atoms with Crippen LogP contribution in [0.5, 0.6) is 0 Å². The fraction of sp³-hybridized carbons (Fsp3) is 1.00. The lowest BCUT2D eigenvalue weighted by molar-refractivity contribution is 0.0660. The maximum atomic E-state index is 5.65. The van der Waals surface area contributed by atoms with E-state index in [-0.39, 0.29) is 0 Å². The van der Waals surface area contributed by atoms with Crippen molar-refractivity contribution >= 4 is 11.8 Å². The number of fused-ring (bicyclic) bond motifs is 1. The normalized spacial score (nSPS) is 49.6. The van der Waals surface area contributed by atoms with Crippen LogP contribution in [0.1, 0.15) is 6.92 Å². The van der Waals surface area contributed by atoms with Crippen LogP contribution in [0.25, 0.3) is 0 Å². The van der Waals surface area contributed by atoms with E-state index in [0.717, 1.165) is 13.2 Å². The minimum Gasteiger partial charge on any atom is -0.374 e. The van der Waals surface area contributed by atoms with Crippen LogP contribution in [0.2, 0.25) is 0 Å². The second-order valence-corrected chi connectivity index (χ2v) is 4.42. The molecular weight excluding hydrogens is 160 g/mol. The van der Waals surface area contributed by atoms with E-state index >= 15 is 0 Å². The third-order valence-electron chi connectivity index (χ3n) is 2.56. The van der Waals surface area contributed by atoms with Gasteiger partial charge in [0.2, 0.25) is 0 Å². The summed E-state index contributed by atoms with van der Waals surface area (Å²) in [7, 11) is 0. The molecule has 2 heterocycles. The van der Waals surface area contributed by atoms with E-state index in [2.05, 4.69) is 13.2 Å². The Hall–Kier alpha value is 0.270. The standard InChI is InChI=1S/C8H14O2S/c1-5-3-9-8-6(11-2)4-10-7(5)8/h5-8H,3-4H2,1-2H3. The van der Waals surface area contributed by atoms with E-state index in [1.165, 1.54) is 0 Å². The van der Waals surface area contributed by atoms with Crippen molar-refractivity contribution in [3.63, 3.8) is 0 Å². The summed E-state index contributed by atoms with van der Waals surface area (Å²) in [5, 5.41) is 0.574. The minimum absolute atomic E-state index is 0.375. The predicted octanol–water partition coefficient (Wildman–Crippen LogP) is 1.15. The summed E-state index contributed by atoms with van der Waals surface area (Å²) in [5.41, 5.74) is 0. The largest absolute Gasteiger partial charge is 0.374 e. The highest BCUT2D eigenvalue weighted by atomic mass is 32.2. The number of hydrogen-bond donors (Lipinski definition) is 0. The fourth-order valence-corrected chi connectivity index (χ4v) is 2.57. The van der Waals surface area contributed by atoms with Crippen molar-refractivity contribution in [2.24, 2.45) is 5.92 Å². The molecule has 3 heteroatoms. The summed E-state index contributed by atoms with van der Waals surface area (Å²) in [4.78, 5) is 0. The number of thioether (sulfide) groups is 1. The fourth-order valence-electron chi connectivity index (χ4n) is 1.86. The van der Waals surface area contributed by atoms with Gasteiger partial charge >= 0.3 is 0 Å². The first kappa shape index (κ1) is 7.90. The molecular formula is C8H14O2S. The van der Waals surface area contributed by atoms with Crippen molar-refractivity contribution in [3.8, 4) is 0 Å². The molecule has 2 aliphatic rings. The van der Waals surface area contributed by atoms with Crippen molar-refractivity contribution in [1.82, 2.24) is 0 Å². The smallest absolute Gasteiger partial charge is 0.0980 e. The average molecular weight is 174 g/mol. The van der Waals surface area contributed by atoms with Crippen LogP contribution in [-0.2, 0) is 9.47 Å². The first-order chi connectivity index (χ1) is 5.33.